The number of benzene rings is 1. The molecule has 2 rings (SSSR count). The van der Waals surface area contributed by atoms with Gasteiger partial charge in [0.15, 0.2) is 0 Å². The van der Waals surface area contributed by atoms with E-state index in [1.807, 2.05) is 31.2 Å². The van der Waals surface area contributed by atoms with Gasteiger partial charge in [-0.05, 0) is 30.7 Å². The van der Waals surface area contributed by atoms with Crippen molar-refractivity contribution in [2.75, 3.05) is 7.11 Å². The second-order valence-corrected chi connectivity index (χ2v) is 5.56. The zero-order valence-electron chi connectivity index (χ0n) is 12.0. The van der Waals surface area contributed by atoms with Crippen molar-refractivity contribution < 1.29 is 14.6 Å². The van der Waals surface area contributed by atoms with E-state index in [-0.39, 0.29) is 5.56 Å². The highest BCUT2D eigenvalue weighted by Crippen LogP contribution is 2.34. The first kappa shape index (κ1) is 15.4. The highest BCUT2D eigenvalue weighted by molar-refractivity contribution is 7.99. The minimum absolute atomic E-state index is 0.269. The summed E-state index contributed by atoms with van der Waals surface area (Å²) in [6.07, 6.45) is 1.69. The molecule has 0 amide bonds. The zero-order chi connectivity index (χ0) is 15.2. The van der Waals surface area contributed by atoms with Crippen LogP contribution in [0.4, 0.5) is 0 Å². The molecule has 0 aliphatic heterocycles. The Morgan fingerprint density at radius 2 is 2.10 bits per heavy atom. The molecule has 5 heteroatoms. The molecule has 4 nitrogen and oxygen atoms in total. The van der Waals surface area contributed by atoms with E-state index in [4.69, 9.17) is 4.74 Å². The molecule has 1 heterocycles. The van der Waals surface area contributed by atoms with Crippen LogP contribution in [0.15, 0.2) is 46.3 Å². The summed E-state index contributed by atoms with van der Waals surface area (Å²) in [5.74, 6) is -0.182. The number of nitrogens with zero attached hydrogens (tertiary/aromatic N) is 1. The van der Waals surface area contributed by atoms with E-state index in [0.29, 0.717) is 5.03 Å². The number of carboxylic acids is 1. The molecular weight excluding hydrogens is 286 g/mol. The van der Waals surface area contributed by atoms with Gasteiger partial charge in [-0.3, -0.25) is 0 Å². The van der Waals surface area contributed by atoms with Crippen molar-refractivity contribution >= 4 is 17.7 Å². The predicted molar refractivity (Wildman–Crippen MR) is 82.3 cm³/mol. The van der Waals surface area contributed by atoms with E-state index in [0.717, 1.165) is 29.2 Å². The van der Waals surface area contributed by atoms with Crippen LogP contribution in [0.5, 0.6) is 5.75 Å². The fourth-order valence-electron chi connectivity index (χ4n) is 1.94. The molecule has 0 saturated heterocycles. The van der Waals surface area contributed by atoms with Gasteiger partial charge in [0.05, 0.1) is 17.6 Å². The van der Waals surface area contributed by atoms with Crippen LogP contribution in [0.25, 0.3) is 0 Å². The summed E-state index contributed by atoms with van der Waals surface area (Å²) >= 11 is 1.41. The number of para-hydroxylation sites is 1. The van der Waals surface area contributed by atoms with Gasteiger partial charge in [-0.1, -0.05) is 37.2 Å². The molecule has 0 aliphatic rings. The Balaban J connectivity index is 2.36. The fourth-order valence-corrected chi connectivity index (χ4v) is 2.91. The van der Waals surface area contributed by atoms with Gasteiger partial charge in [0.2, 0.25) is 0 Å². The Labute approximate surface area is 128 Å². The van der Waals surface area contributed by atoms with E-state index in [1.54, 1.807) is 19.2 Å². The molecule has 0 aliphatic carbocycles. The maximum atomic E-state index is 11.2. The van der Waals surface area contributed by atoms with Gasteiger partial charge in [-0.2, -0.15) is 0 Å². The predicted octanol–water partition coefficient (Wildman–Crippen LogP) is 3.89. The molecule has 0 saturated carbocycles. The first-order valence-corrected chi connectivity index (χ1v) is 7.50. The Hall–Kier alpha value is -2.01. The fraction of sp³-hybridized carbons (Fsp3) is 0.250. The molecule has 0 radical (unpaired) electrons. The summed E-state index contributed by atoms with van der Waals surface area (Å²) in [5.41, 5.74) is 1.07. The molecule has 0 atom stereocenters. The molecule has 1 aromatic heterocycles. The van der Waals surface area contributed by atoms with Crippen molar-refractivity contribution in [3.63, 3.8) is 0 Å². The topological polar surface area (TPSA) is 59.4 Å². The quantitative estimate of drug-likeness (QED) is 0.877. The summed E-state index contributed by atoms with van der Waals surface area (Å²) in [7, 11) is 1.61. The van der Waals surface area contributed by atoms with Crippen molar-refractivity contribution in [1.29, 1.82) is 0 Å². The van der Waals surface area contributed by atoms with Crippen LogP contribution in [-0.2, 0) is 6.42 Å². The lowest BCUT2D eigenvalue weighted by molar-refractivity contribution is 0.0696. The number of rotatable bonds is 6. The number of ether oxygens (including phenoxy) is 1. The minimum atomic E-state index is -0.934. The highest BCUT2D eigenvalue weighted by Gasteiger charge is 2.11. The Bertz CT molecular complexity index is 643. The SMILES string of the molecule is CCCc1cc(C(=O)O)cc(Sc2ccccc2OC)n1. The third-order valence-electron chi connectivity index (χ3n) is 2.89. The molecule has 0 bridgehead atoms. The van der Waals surface area contributed by atoms with Gasteiger partial charge in [-0.25, -0.2) is 9.78 Å². The first-order valence-electron chi connectivity index (χ1n) is 6.69. The lowest BCUT2D eigenvalue weighted by atomic mass is 10.2. The summed E-state index contributed by atoms with van der Waals surface area (Å²) < 4.78 is 5.31. The molecular formula is C16H17NO3S. The standard InChI is InChI=1S/C16H17NO3S/c1-3-6-12-9-11(16(18)19)10-15(17-12)21-14-8-5-4-7-13(14)20-2/h4-5,7-10H,3,6H2,1-2H3,(H,18,19). The van der Waals surface area contributed by atoms with E-state index >= 15 is 0 Å². The van der Waals surface area contributed by atoms with Gasteiger partial charge in [0.25, 0.3) is 0 Å². The van der Waals surface area contributed by atoms with Crippen LogP contribution < -0.4 is 4.74 Å². The molecule has 1 aromatic carbocycles. The Kier molecular flexibility index (Phi) is 5.22. The van der Waals surface area contributed by atoms with Crippen LogP contribution in [-0.4, -0.2) is 23.2 Å². The van der Waals surface area contributed by atoms with Crippen molar-refractivity contribution in [2.24, 2.45) is 0 Å². The van der Waals surface area contributed by atoms with E-state index in [1.165, 1.54) is 11.8 Å². The van der Waals surface area contributed by atoms with Crippen molar-refractivity contribution in [3.05, 3.63) is 47.7 Å². The van der Waals surface area contributed by atoms with Gasteiger partial charge >= 0.3 is 5.97 Å². The van der Waals surface area contributed by atoms with Crippen molar-refractivity contribution in [2.45, 2.75) is 29.7 Å². The number of hydrogen-bond acceptors (Lipinski definition) is 4. The number of methoxy groups -OCH3 is 1. The largest absolute Gasteiger partial charge is 0.496 e. The number of carboxylic acid groups (broad SMARTS) is 1. The van der Waals surface area contributed by atoms with Crippen LogP contribution in [0.3, 0.4) is 0 Å². The number of aromatic carboxylic acids is 1. The minimum Gasteiger partial charge on any atom is -0.496 e. The van der Waals surface area contributed by atoms with E-state index < -0.39 is 5.97 Å². The number of aryl methyl sites for hydroxylation is 1. The van der Waals surface area contributed by atoms with Gasteiger partial charge < -0.3 is 9.84 Å². The smallest absolute Gasteiger partial charge is 0.335 e. The lowest BCUT2D eigenvalue weighted by Crippen LogP contribution is -2.01. The molecule has 0 spiro atoms. The van der Waals surface area contributed by atoms with E-state index in [2.05, 4.69) is 4.98 Å². The molecule has 2 aromatic rings. The van der Waals surface area contributed by atoms with Gasteiger partial charge in [0.1, 0.15) is 10.8 Å². The lowest BCUT2D eigenvalue weighted by Gasteiger charge is -2.09. The monoisotopic (exact) mass is 303 g/mol. The Morgan fingerprint density at radius 1 is 1.33 bits per heavy atom. The van der Waals surface area contributed by atoms with Crippen LogP contribution in [0.1, 0.15) is 29.4 Å². The maximum Gasteiger partial charge on any atom is 0.335 e. The van der Waals surface area contributed by atoms with Crippen molar-refractivity contribution in [1.82, 2.24) is 4.98 Å². The number of pyridine rings is 1. The summed E-state index contributed by atoms with van der Waals surface area (Å²) in [4.78, 5) is 16.7. The number of aromatic nitrogens is 1. The van der Waals surface area contributed by atoms with Crippen LogP contribution >= 0.6 is 11.8 Å². The van der Waals surface area contributed by atoms with E-state index in [9.17, 15) is 9.90 Å². The van der Waals surface area contributed by atoms with Crippen LogP contribution in [0.2, 0.25) is 0 Å². The highest BCUT2D eigenvalue weighted by atomic mass is 32.2. The summed E-state index contributed by atoms with van der Waals surface area (Å²) in [6, 6.07) is 10.8. The Morgan fingerprint density at radius 3 is 2.76 bits per heavy atom. The number of hydrogen-bond donors (Lipinski definition) is 1. The maximum absolute atomic E-state index is 11.2. The molecule has 110 valence electrons. The van der Waals surface area contributed by atoms with Gasteiger partial charge in [0, 0.05) is 5.69 Å². The second kappa shape index (κ2) is 7.13. The molecule has 1 N–H and O–H groups in total. The zero-order valence-corrected chi connectivity index (χ0v) is 12.8. The normalized spacial score (nSPS) is 10.4. The average Bonchev–Trinajstić information content (AvgIpc) is 2.48. The number of carbonyl (C=O) groups is 1. The van der Waals surface area contributed by atoms with Crippen molar-refractivity contribution in [3.8, 4) is 5.75 Å². The van der Waals surface area contributed by atoms with Gasteiger partial charge in [-0.15, -0.1) is 0 Å². The molecule has 21 heavy (non-hydrogen) atoms. The molecule has 0 fully saturated rings. The summed E-state index contributed by atoms with van der Waals surface area (Å²) in [5, 5.41) is 9.88. The van der Waals surface area contributed by atoms with Crippen LogP contribution in [0, 0.1) is 0 Å². The average molecular weight is 303 g/mol. The molecule has 0 unspecified atom stereocenters. The third kappa shape index (κ3) is 3.98. The second-order valence-electron chi connectivity index (χ2n) is 4.49. The third-order valence-corrected chi connectivity index (χ3v) is 3.87. The summed E-state index contributed by atoms with van der Waals surface area (Å²) in [6.45, 7) is 2.04. The first-order chi connectivity index (χ1) is 10.1.